The highest BCUT2D eigenvalue weighted by Gasteiger charge is 2.29. The van der Waals surface area contributed by atoms with Crippen LogP contribution in [0.4, 0.5) is 4.48 Å². The van der Waals surface area contributed by atoms with Gasteiger partial charge in [0.15, 0.2) is 4.83 Å². The van der Waals surface area contributed by atoms with Crippen LogP contribution in [0.25, 0.3) is 0 Å². The van der Waals surface area contributed by atoms with Gasteiger partial charge in [0.2, 0.25) is 0 Å². The van der Waals surface area contributed by atoms with E-state index in [-0.39, 0.29) is 11.5 Å². The molecule has 2 fully saturated rings. The van der Waals surface area contributed by atoms with E-state index in [9.17, 15) is 4.48 Å². The van der Waals surface area contributed by atoms with E-state index in [1.54, 1.807) is 5.01 Å². The van der Waals surface area contributed by atoms with Crippen LogP contribution in [-0.2, 0) is 0 Å². The van der Waals surface area contributed by atoms with Gasteiger partial charge in [-0.25, -0.2) is 0 Å². The Hall–Kier alpha value is 0.370. The summed E-state index contributed by atoms with van der Waals surface area (Å²) >= 11 is 6.91. The number of hydrazine groups is 1. The second-order valence-electron chi connectivity index (χ2n) is 4.59. The molecule has 2 heterocycles. The largest absolute Gasteiger partial charge is 0.315 e. The first kappa shape index (κ1) is 14.8. The van der Waals surface area contributed by atoms with Gasteiger partial charge >= 0.3 is 0 Å². The third kappa shape index (κ3) is 4.80. The van der Waals surface area contributed by atoms with Crippen LogP contribution >= 0.6 is 23.5 Å². The molecule has 0 aromatic carbocycles. The Morgan fingerprint density at radius 1 is 1.39 bits per heavy atom. The fourth-order valence-corrected chi connectivity index (χ4v) is 2.91. The molecule has 5 nitrogen and oxygen atoms in total. The Kier molecular flexibility index (Phi) is 6.43. The maximum atomic E-state index is 12.8. The maximum Gasteiger partial charge on any atom is 0.162 e. The summed E-state index contributed by atoms with van der Waals surface area (Å²) in [6.45, 7) is 4.31. The molecule has 2 aliphatic heterocycles. The van der Waals surface area contributed by atoms with E-state index in [1.165, 1.54) is 6.42 Å². The molecule has 2 saturated heterocycles. The van der Waals surface area contributed by atoms with Crippen molar-refractivity contribution in [3.05, 3.63) is 0 Å². The van der Waals surface area contributed by atoms with Crippen molar-refractivity contribution in [2.24, 2.45) is 0 Å². The van der Waals surface area contributed by atoms with Gasteiger partial charge in [-0.15, -0.1) is 4.48 Å². The van der Waals surface area contributed by atoms with Crippen LogP contribution in [0.5, 0.6) is 0 Å². The van der Waals surface area contributed by atoms with E-state index in [0.29, 0.717) is 10.6 Å². The zero-order chi connectivity index (χ0) is 12.8. The summed E-state index contributed by atoms with van der Waals surface area (Å²) < 4.78 is 13.5. The van der Waals surface area contributed by atoms with Crippen molar-refractivity contribution < 1.29 is 4.48 Å². The molecule has 2 rings (SSSR count). The van der Waals surface area contributed by atoms with Crippen LogP contribution in [0.1, 0.15) is 19.3 Å². The van der Waals surface area contributed by atoms with Crippen LogP contribution in [0, 0.1) is 0 Å². The van der Waals surface area contributed by atoms with Crippen molar-refractivity contribution in [1.82, 2.24) is 25.6 Å². The Bertz CT molecular complexity index is 246. The Morgan fingerprint density at radius 2 is 2.17 bits per heavy atom. The molecule has 0 radical (unpaired) electrons. The summed E-state index contributed by atoms with van der Waals surface area (Å²) in [5.41, 5.74) is 3.14. The molecule has 0 aliphatic carbocycles. The third-order valence-electron chi connectivity index (χ3n) is 3.12. The molecule has 1 unspecified atom stereocenters. The number of rotatable bonds is 8. The topological polar surface area (TPSA) is 42.6 Å². The van der Waals surface area contributed by atoms with Gasteiger partial charge < -0.3 is 10.6 Å². The summed E-state index contributed by atoms with van der Waals surface area (Å²) in [5.74, 6) is 0. The molecule has 2 atom stereocenters. The molecule has 0 aromatic heterocycles. The predicted octanol–water partition coefficient (Wildman–Crippen LogP) is 0.853. The predicted molar refractivity (Wildman–Crippen MR) is 73.4 cm³/mol. The Balaban J connectivity index is 1.39. The fraction of sp³-hybridized carbons (Fsp3) is 1.00. The Morgan fingerprint density at radius 3 is 2.78 bits per heavy atom. The standard InChI is InChI=1S/C10H21ClFN5S/c11-10-16(8-17(12)18-10)15-5-2-1-4-13-7-9-3-6-14-9/h9-10,13-15H,1-8H2/t9-,10?/m0/s1. The van der Waals surface area contributed by atoms with Gasteiger partial charge in [-0.1, -0.05) is 16.1 Å². The van der Waals surface area contributed by atoms with E-state index in [4.69, 9.17) is 11.6 Å². The molecule has 2 aliphatic rings. The highest BCUT2D eigenvalue weighted by molar-refractivity contribution is 7.98. The lowest BCUT2D eigenvalue weighted by atomic mass is 10.1. The molecule has 0 amide bonds. The van der Waals surface area contributed by atoms with E-state index in [2.05, 4.69) is 16.1 Å². The van der Waals surface area contributed by atoms with Gasteiger partial charge in [0.05, 0.1) is 0 Å². The first-order valence-corrected chi connectivity index (χ1v) is 7.71. The minimum Gasteiger partial charge on any atom is -0.315 e. The number of hydrogen-bond acceptors (Lipinski definition) is 6. The van der Waals surface area contributed by atoms with Gasteiger partial charge in [-0.2, -0.15) is 5.01 Å². The van der Waals surface area contributed by atoms with Crippen molar-refractivity contribution in [3.8, 4) is 0 Å². The molecule has 8 heteroatoms. The highest BCUT2D eigenvalue weighted by Crippen LogP contribution is 2.30. The van der Waals surface area contributed by atoms with Gasteiger partial charge in [-0.05, 0) is 44.3 Å². The second kappa shape index (κ2) is 7.84. The summed E-state index contributed by atoms with van der Waals surface area (Å²) in [6.07, 6.45) is 3.47. The smallest absolute Gasteiger partial charge is 0.162 e. The molecule has 0 spiro atoms. The molecule has 106 valence electrons. The quantitative estimate of drug-likeness (QED) is 0.203. The average molecular weight is 298 g/mol. The van der Waals surface area contributed by atoms with Crippen LogP contribution in [0.2, 0.25) is 0 Å². The molecule has 0 bridgehead atoms. The van der Waals surface area contributed by atoms with Crippen LogP contribution in [0.3, 0.4) is 0 Å². The van der Waals surface area contributed by atoms with Gasteiger partial charge in [0, 0.05) is 19.1 Å². The van der Waals surface area contributed by atoms with Crippen LogP contribution in [-0.4, -0.2) is 53.3 Å². The molecule has 18 heavy (non-hydrogen) atoms. The van der Waals surface area contributed by atoms with E-state index in [1.807, 2.05) is 0 Å². The molecular formula is C10H21ClFN5S. The van der Waals surface area contributed by atoms with Crippen molar-refractivity contribution in [1.29, 1.82) is 0 Å². The molecule has 0 saturated carbocycles. The lowest BCUT2D eigenvalue weighted by Gasteiger charge is -2.27. The minimum absolute atomic E-state index is 0.213. The number of halogens is 2. The number of hydrogen-bond donors (Lipinski definition) is 3. The molecule has 3 N–H and O–H groups in total. The van der Waals surface area contributed by atoms with Crippen molar-refractivity contribution in [2.45, 2.75) is 30.1 Å². The zero-order valence-electron chi connectivity index (χ0n) is 10.4. The molecular weight excluding hydrogens is 277 g/mol. The average Bonchev–Trinajstić information content (AvgIpc) is 2.59. The second-order valence-corrected chi connectivity index (χ2v) is 6.31. The van der Waals surface area contributed by atoms with Gasteiger partial charge in [0.1, 0.15) is 6.67 Å². The van der Waals surface area contributed by atoms with Crippen molar-refractivity contribution in [2.75, 3.05) is 32.8 Å². The van der Waals surface area contributed by atoms with Crippen LogP contribution < -0.4 is 16.1 Å². The fourth-order valence-electron chi connectivity index (χ4n) is 1.89. The number of alkyl halides is 1. The molecule has 0 aromatic rings. The minimum atomic E-state index is -0.349. The summed E-state index contributed by atoms with van der Waals surface area (Å²) in [6, 6.07) is 0.678. The normalized spacial score (nSPS) is 29.7. The SMILES string of the molecule is FN1CN(NCCCCNC[C@@H]2CCN2)C(Cl)S1. The first-order chi connectivity index (χ1) is 8.75. The lowest BCUT2D eigenvalue weighted by molar-refractivity contribution is 0.0752. The van der Waals surface area contributed by atoms with E-state index >= 15 is 0 Å². The van der Waals surface area contributed by atoms with Crippen LogP contribution in [0.15, 0.2) is 0 Å². The van der Waals surface area contributed by atoms with Crippen molar-refractivity contribution in [3.63, 3.8) is 0 Å². The zero-order valence-corrected chi connectivity index (χ0v) is 11.9. The number of nitrogens with one attached hydrogen (secondary N) is 3. The summed E-state index contributed by atoms with van der Waals surface area (Å²) in [7, 11) is 0. The first-order valence-electron chi connectivity index (χ1n) is 6.44. The highest BCUT2D eigenvalue weighted by atomic mass is 35.5. The lowest BCUT2D eigenvalue weighted by Crippen LogP contribution is -2.49. The number of unbranched alkanes of at least 4 members (excludes halogenated alkanes) is 1. The van der Waals surface area contributed by atoms with E-state index < -0.39 is 0 Å². The van der Waals surface area contributed by atoms with Crippen molar-refractivity contribution >= 4 is 23.5 Å². The number of nitrogens with zero attached hydrogens (tertiary/aromatic N) is 2. The third-order valence-corrected chi connectivity index (χ3v) is 4.37. The summed E-state index contributed by atoms with van der Waals surface area (Å²) in [4.78, 5) is -0.349. The maximum absolute atomic E-state index is 12.8. The summed E-state index contributed by atoms with van der Waals surface area (Å²) in [5, 5.41) is 8.49. The monoisotopic (exact) mass is 297 g/mol. The van der Waals surface area contributed by atoms with Gasteiger partial charge in [-0.3, -0.25) is 5.43 Å². The Labute approximate surface area is 117 Å². The van der Waals surface area contributed by atoms with Gasteiger partial charge in [0.25, 0.3) is 0 Å². The van der Waals surface area contributed by atoms with E-state index in [0.717, 1.165) is 51.0 Å².